The van der Waals surface area contributed by atoms with Crippen LogP contribution in [0.1, 0.15) is 75.2 Å². The van der Waals surface area contributed by atoms with Gasteiger partial charge in [-0.25, -0.2) is 32.3 Å². The maximum atomic E-state index is 13.5. The van der Waals surface area contributed by atoms with Crippen molar-refractivity contribution in [3.63, 3.8) is 0 Å². The van der Waals surface area contributed by atoms with Gasteiger partial charge in [0, 0.05) is 98.5 Å². The lowest BCUT2D eigenvalue weighted by Gasteiger charge is -2.08. The number of pyridine rings is 4. The molecule has 0 radical (unpaired) electrons. The molecule has 0 unspecified atom stereocenters. The third kappa shape index (κ3) is 11.4. The van der Waals surface area contributed by atoms with Crippen molar-refractivity contribution < 1.29 is 41.8 Å². The molecule has 0 bridgehead atoms. The van der Waals surface area contributed by atoms with Crippen LogP contribution >= 0.6 is 22.7 Å². The Balaban J connectivity index is 0.000000184. The Bertz CT molecular complexity index is 3970. The summed E-state index contributed by atoms with van der Waals surface area (Å²) in [5.41, 5.74) is 3.45. The summed E-state index contributed by atoms with van der Waals surface area (Å²) in [6, 6.07) is 24.0. The standard InChI is InChI=1S/C28H22F2N4O3S.C27H19F2N3O4S/c1-31-27(36)17-12-20-21(14-33-26(20)32-13-17)25-9-6-18(38-25)5-8-24(35)19-3-2-10-34(28(19)37)15-16-4-7-22(29)23(30)11-16;28-21-6-3-15(10-22(21)29)14-32-9-1-2-18(26(32)34)23(33)7-4-17-5-8-24(37-17)20-13-31-25-19(20)11-16(12-30-25)27(35)36/h2-4,6-7,9-14H,5,8,15H2,1H3,(H,31,36)(H,32,33);1-3,5-6,8-13H,4,7,14H2,(H,30,31)(H,35,36). The SMILES string of the molecule is CNC(=O)c1cnc2[nH]cc(-c3ccc(CCC(=O)c4cccn(Cc5ccc(F)c(F)c5)c4=O)s3)c2c1.O=C(O)c1cnc2[nH]cc(-c3ccc(CCC(=O)c4cccn(Cc5ccc(F)c(F)c5)c4=O)s3)c2c1. The van der Waals surface area contributed by atoms with Gasteiger partial charge in [0.15, 0.2) is 34.8 Å². The fourth-order valence-electron chi connectivity index (χ4n) is 8.27. The van der Waals surface area contributed by atoms with Crippen LogP contribution in [-0.4, -0.2) is 64.7 Å². The van der Waals surface area contributed by atoms with E-state index in [0.717, 1.165) is 60.3 Å². The summed E-state index contributed by atoms with van der Waals surface area (Å²) >= 11 is 3.00. The molecule has 8 aromatic heterocycles. The van der Waals surface area contributed by atoms with Crippen LogP contribution in [0.2, 0.25) is 0 Å². The third-order valence-corrected chi connectivity index (χ3v) is 14.5. The Morgan fingerprint density at radius 1 is 0.600 bits per heavy atom. The van der Waals surface area contributed by atoms with Crippen LogP contribution in [0.25, 0.3) is 42.9 Å². The number of nitrogens with one attached hydrogen (secondary N) is 3. The van der Waals surface area contributed by atoms with Crippen LogP contribution in [-0.2, 0) is 25.9 Å². The van der Waals surface area contributed by atoms with Crippen LogP contribution in [0.15, 0.2) is 144 Å². The van der Waals surface area contributed by atoms with Crippen molar-refractivity contribution in [2.24, 2.45) is 0 Å². The van der Waals surface area contributed by atoms with E-state index in [1.165, 1.54) is 80.9 Å². The van der Waals surface area contributed by atoms with Gasteiger partial charge in [0.05, 0.1) is 35.3 Å². The summed E-state index contributed by atoms with van der Waals surface area (Å²) in [6.07, 6.45) is 10.6. The molecule has 0 atom stereocenters. The zero-order valence-electron chi connectivity index (χ0n) is 39.5. The summed E-state index contributed by atoms with van der Waals surface area (Å²) in [5.74, 6) is -5.82. The highest BCUT2D eigenvalue weighted by atomic mass is 32.1. The number of Topliss-reactive ketones (excluding diaryl/α,β-unsaturated/α-hetero) is 2. The molecule has 0 saturated carbocycles. The number of H-pyrrole nitrogens is 2. The van der Waals surface area contributed by atoms with Crippen molar-refractivity contribution in [3.8, 4) is 20.9 Å². The number of aromatic carboxylic acids is 1. The van der Waals surface area contributed by atoms with Crippen molar-refractivity contribution in [1.82, 2.24) is 34.4 Å². The van der Waals surface area contributed by atoms with E-state index < -0.39 is 40.4 Å². The van der Waals surface area contributed by atoms with Crippen LogP contribution in [0.4, 0.5) is 17.6 Å². The van der Waals surface area contributed by atoms with Gasteiger partial charge in [-0.05, 0) is 109 Å². The zero-order chi connectivity index (χ0) is 52.9. The first-order chi connectivity index (χ1) is 36.1. The molecule has 20 heteroatoms. The van der Waals surface area contributed by atoms with Gasteiger partial charge >= 0.3 is 5.97 Å². The Hall–Kier alpha value is -8.88. The van der Waals surface area contributed by atoms with Gasteiger partial charge in [-0.3, -0.25) is 24.0 Å². The number of carboxylic acid groups (broad SMARTS) is 1. The summed E-state index contributed by atoms with van der Waals surface area (Å²) in [7, 11) is 1.56. The minimum absolute atomic E-state index is 0.00844. The Morgan fingerprint density at radius 2 is 1.05 bits per heavy atom. The van der Waals surface area contributed by atoms with E-state index in [4.69, 9.17) is 0 Å². The van der Waals surface area contributed by atoms with Crippen molar-refractivity contribution in [1.29, 1.82) is 0 Å². The van der Waals surface area contributed by atoms with Crippen molar-refractivity contribution in [2.45, 2.75) is 38.8 Å². The molecular weight excluding hydrogens is 1010 g/mol. The molecule has 75 heavy (non-hydrogen) atoms. The predicted molar refractivity (Wildman–Crippen MR) is 277 cm³/mol. The van der Waals surface area contributed by atoms with Gasteiger partial charge in [0.25, 0.3) is 17.0 Å². The minimum Gasteiger partial charge on any atom is -0.478 e. The fraction of sp³-hybridized carbons (Fsp3) is 0.127. The lowest BCUT2D eigenvalue weighted by molar-refractivity contribution is 0.0695. The molecule has 8 heterocycles. The molecule has 0 fully saturated rings. The Labute approximate surface area is 430 Å². The van der Waals surface area contributed by atoms with Crippen LogP contribution < -0.4 is 16.4 Å². The summed E-state index contributed by atoms with van der Waals surface area (Å²) in [6.45, 7) is 0.0288. The molecule has 0 aliphatic carbocycles. The van der Waals surface area contributed by atoms with E-state index in [1.807, 2.05) is 30.5 Å². The van der Waals surface area contributed by atoms with Gasteiger partial charge in [-0.1, -0.05) is 12.1 Å². The van der Waals surface area contributed by atoms with Crippen LogP contribution in [0.3, 0.4) is 0 Å². The molecule has 0 spiro atoms. The number of carboxylic acids is 1. The maximum Gasteiger partial charge on any atom is 0.337 e. The highest BCUT2D eigenvalue weighted by Gasteiger charge is 2.19. The second-order valence-corrected chi connectivity index (χ2v) is 19.5. The smallest absolute Gasteiger partial charge is 0.337 e. The number of ketones is 2. The molecule has 2 aromatic carbocycles. The first kappa shape index (κ1) is 51.0. The van der Waals surface area contributed by atoms with E-state index >= 15 is 0 Å². The van der Waals surface area contributed by atoms with Crippen LogP contribution in [0, 0.1) is 23.3 Å². The average molecular weight is 1050 g/mol. The number of carbonyl (C=O) groups excluding carboxylic acids is 3. The van der Waals surface area contributed by atoms with E-state index in [0.29, 0.717) is 46.2 Å². The van der Waals surface area contributed by atoms with Crippen LogP contribution in [0.5, 0.6) is 0 Å². The third-order valence-electron chi connectivity index (χ3n) is 12.2. The summed E-state index contributed by atoms with van der Waals surface area (Å²) in [4.78, 5) is 93.3. The molecule has 14 nitrogen and oxygen atoms in total. The monoisotopic (exact) mass is 1050 g/mol. The molecule has 10 rings (SSSR count). The number of carbonyl (C=O) groups is 4. The number of nitrogens with zero attached hydrogens (tertiary/aromatic N) is 4. The van der Waals surface area contributed by atoms with E-state index in [9.17, 15) is 51.4 Å². The number of rotatable bonds is 16. The number of fused-ring (bicyclic) bond motifs is 2. The normalized spacial score (nSPS) is 11.2. The topological polar surface area (TPSA) is 202 Å². The number of halogens is 4. The minimum atomic E-state index is -1.06. The number of aromatic amines is 2. The maximum absolute atomic E-state index is 13.5. The van der Waals surface area contributed by atoms with Gasteiger partial charge in [-0.2, -0.15) is 0 Å². The number of amides is 1. The highest BCUT2D eigenvalue weighted by Crippen LogP contribution is 2.36. The zero-order valence-corrected chi connectivity index (χ0v) is 41.1. The molecule has 1 amide bonds. The fourth-order valence-corrected chi connectivity index (χ4v) is 10.3. The van der Waals surface area contributed by atoms with E-state index in [-0.39, 0.29) is 60.1 Å². The largest absolute Gasteiger partial charge is 0.478 e. The second kappa shape index (κ2) is 22.1. The quantitative estimate of drug-likeness (QED) is 0.0537. The first-order valence-corrected chi connectivity index (χ1v) is 24.7. The number of aryl methyl sites for hydroxylation is 2. The molecule has 0 saturated heterocycles. The van der Waals surface area contributed by atoms with E-state index in [2.05, 4.69) is 25.3 Å². The first-order valence-electron chi connectivity index (χ1n) is 23.0. The highest BCUT2D eigenvalue weighted by molar-refractivity contribution is 7.16. The molecular formula is C55H41F4N7O7S2. The number of hydrogen-bond donors (Lipinski definition) is 4. The van der Waals surface area contributed by atoms with Gasteiger partial charge < -0.3 is 29.5 Å². The molecule has 0 aliphatic heterocycles. The lowest BCUT2D eigenvalue weighted by atomic mass is 10.1. The number of thiophene rings is 2. The predicted octanol–water partition coefficient (Wildman–Crippen LogP) is 10.2. The molecule has 0 aliphatic rings. The van der Waals surface area contributed by atoms with Crippen molar-refractivity contribution in [2.75, 3.05) is 7.05 Å². The van der Waals surface area contributed by atoms with Gasteiger partial charge in [0.1, 0.15) is 11.3 Å². The number of hydrogen-bond acceptors (Lipinski definition) is 10. The van der Waals surface area contributed by atoms with Crippen molar-refractivity contribution in [3.05, 3.63) is 221 Å². The van der Waals surface area contributed by atoms with Crippen molar-refractivity contribution >= 4 is 68.2 Å². The Morgan fingerprint density at radius 3 is 1.49 bits per heavy atom. The van der Waals surface area contributed by atoms with Gasteiger partial charge in [0.2, 0.25) is 0 Å². The summed E-state index contributed by atoms with van der Waals surface area (Å²) < 4.78 is 56.1. The second-order valence-electron chi connectivity index (χ2n) is 17.1. The van der Waals surface area contributed by atoms with Gasteiger partial charge in [-0.15, -0.1) is 22.7 Å². The molecule has 378 valence electrons. The lowest BCUT2D eigenvalue weighted by Crippen LogP contribution is -2.26. The van der Waals surface area contributed by atoms with E-state index in [1.54, 1.807) is 37.5 Å². The number of aromatic nitrogens is 6. The molecule has 10 aromatic rings. The average Bonchev–Trinajstić information content (AvgIpc) is 4.25. The Kier molecular flexibility index (Phi) is 15.0. The summed E-state index contributed by atoms with van der Waals surface area (Å²) in [5, 5.41) is 13.4. The number of benzene rings is 2. The molecule has 4 N–H and O–H groups in total.